The van der Waals surface area contributed by atoms with Crippen molar-refractivity contribution >= 4 is 113 Å². The van der Waals surface area contributed by atoms with Crippen LogP contribution in [0.1, 0.15) is 156 Å². The van der Waals surface area contributed by atoms with Gasteiger partial charge in [0.15, 0.2) is 8.07 Å². The zero-order valence-electron chi connectivity index (χ0n) is 50.6. The van der Waals surface area contributed by atoms with E-state index in [0.29, 0.717) is 11.8 Å². The third-order valence-electron chi connectivity index (χ3n) is 19.6. The number of aromatic nitrogens is 2. The minimum absolute atomic E-state index is 0.0261. The largest absolute Gasteiger partial charge is 0.310 e. The fraction of sp³-hybridized carbons (Fsp3) is 0.289. The summed E-state index contributed by atoms with van der Waals surface area (Å²) in [4.78, 5) is 2.53. The molecule has 5 heteroatoms. The fourth-order valence-electron chi connectivity index (χ4n) is 15.2. The number of fused-ring (bicyclic) bond motifs is 14. The third-order valence-corrected chi connectivity index (χ3v) is 24.5. The van der Waals surface area contributed by atoms with E-state index in [4.69, 9.17) is 0 Å². The molecule has 4 aliphatic heterocycles. The summed E-state index contributed by atoms with van der Waals surface area (Å²) in [6.07, 6.45) is 0. The van der Waals surface area contributed by atoms with E-state index in [1.165, 1.54) is 127 Å². The van der Waals surface area contributed by atoms with Crippen molar-refractivity contribution in [2.45, 2.75) is 144 Å². The van der Waals surface area contributed by atoms with Crippen LogP contribution in [0.2, 0.25) is 0 Å². The molecular weight excluding hydrogens is 994 g/mol. The van der Waals surface area contributed by atoms with Crippen LogP contribution in [0.5, 0.6) is 0 Å². The number of benzene rings is 9. The van der Waals surface area contributed by atoms with Crippen LogP contribution in [-0.4, -0.2) is 23.9 Å². The van der Waals surface area contributed by atoms with Crippen molar-refractivity contribution in [3.05, 3.63) is 191 Å². The van der Waals surface area contributed by atoms with Crippen molar-refractivity contribution in [2.75, 3.05) is 4.90 Å². The van der Waals surface area contributed by atoms with Gasteiger partial charge in [-0.15, -0.1) is 0 Å². The van der Waals surface area contributed by atoms with Gasteiger partial charge >= 0.3 is 0 Å². The maximum atomic E-state index is 2.84. The van der Waals surface area contributed by atoms with Gasteiger partial charge in [-0.3, -0.25) is 0 Å². The van der Waals surface area contributed by atoms with Gasteiger partial charge in [0.2, 0.25) is 0 Å². The molecule has 81 heavy (non-hydrogen) atoms. The maximum absolute atomic E-state index is 3.18. The number of rotatable bonds is 5. The molecule has 0 atom stereocenters. The number of anilines is 3. The Kier molecular flexibility index (Phi) is 10.3. The predicted molar refractivity (Wildman–Crippen MR) is 354 cm³/mol. The molecule has 1 spiro atoms. The smallest absolute Gasteiger partial charge is 0.252 e. The quantitative estimate of drug-likeness (QED) is 0.157. The minimum Gasteiger partial charge on any atom is -0.310 e. The molecule has 0 aliphatic carbocycles. The van der Waals surface area contributed by atoms with Crippen molar-refractivity contribution in [1.29, 1.82) is 0 Å². The van der Waals surface area contributed by atoms with Crippen molar-refractivity contribution < 1.29 is 0 Å². The first-order valence-electron chi connectivity index (χ1n) is 30.1. The maximum Gasteiger partial charge on any atom is 0.252 e. The highest BCUT2D eigenvalue weighted by Gasteiger charge is 2.57. The summed E-state index contributed by atoms with van der Waals surface area (Å²) in [6.45, 7) is 38.2. The molecule has 0 bridgehead atoms. The molecule has 3 nitrogen and oxygen atoms in total. The Hall–Kier alpha value is -7.34. The van der Waals surface area contributed by atoms with Crippen molar-refractivity contribution in [1.82, 2.24) is 9.13 Å². The minimum atomic E-state index is -3.18. The second kappa shape index (κ2) is 16.4. The van der Waals surface area contributed by atoms with Gasteiger partial charge in [-0.2, -0.15) is 0 Å². The van der Waals surface area contributed by atoms with Crippen LogP contribution in [0.3, 0.4) is 0 Å². The van der Waals surface area contributed by atoms with Crippen LogP contribution in [0.15, 0.2) is 158 Å². The molecule has 0 N–H and O–H groups in total. The number of hydrogen-bond donors (Lipinski definition) is 0. The van der Waals surface area contributed by atoms with Gasteiger partial charge in [-0.05, 0) is 176 Å². The van der Waals surface area contributed by atoms with E-state index in [2.05, 4.69) is 283 Å². The first kappa shape index (κ1) is 50.6. The van der Waals surface area contributed by atoms with Gasteiger partial charge < -0.3 is 14.0 Å². The lowest BCUT2D eigenvalue weighted by Gasteiger charge is -2.43. The standard InChI is InChI=1S/C76H76BN3Si/c1-43(2)45-22-27-52(28-23-45)78(51-20-18-17-19-21-51)61-33-31-58-71-67(61)57-36-46(44(3)4)24-32-60(57)79(71)62-34-35-63-72-68(62)77(58)59-39-49(75(11,12)13)37-55-56-38-50(76(14,15)16)42-66(70(56)80(72)69(55)59)81(63)64-40-47(73(5,6)7)25-29-53(64)54-30-26-48(41-65(54)81)74(8,9)10/h17-44H,1-16H3. The Morgan fingerprint density at radius 2 is 0.975 bits per heavy atom. The topological polar surface area (TPSA) is 13.1 Å². The first-order chi connectivity index (χ1) is 38.4. The average Bonchev–Trinajstić information content (AvgIpc) is 3.61. The van der Waals surface area contributed by atoms with Crippen molar-refractivity contribution in [3.63, 3.8) is 0 Å². The molecule has 6 heterocycles. The summed E-state index contributed by atoms with van der Waals surface area (Å²) in [6, 6.07) is 64.1. The number of hydrogen-bond acceptors (Lipinski definition) is 1. The second-order valence-corrected chi connectivity index (χ2v) is 33.1. The van der Waals surface area contributed by atoms with E-state index in [1.54, 1.807) is 15.6 Å². The van der Waals surface area contributed by atoms with Crippen LogP contribution < -0.4 is 42.0 Å². The van der Waals surface area contributed by atoms with Crippen molar-refractivity contribution in [2.24, 2.45) is 0 Å². The molecule has 2 aromatic heterocycles. The van der Waals surface area contributed by atoms with Gasteiger partial charge in [-0.1, -0.05) is 208 Å². The average molecular weight is 1070 g/mol. The van der Waals surface area contributed by atoms with Gasteiger partial charge in [0.1, 0.15) is 0 Å². The van der Waals surface area contributed by atoms with Crippen molar-refractivity contribution in [3.8, 4) is 22.5 Å². The normalized spacial score (nSPS) is 14.7. The SMILES string of the molecule is CC(C)c1ccc(N(c2ccccc2)c2ccc3c4c2c2cc(C(C)C)ccc2n4-c2ccc4c5c2B3c2cc(C(C)(C)C)cc3c6cc(C(C)(C)C)cc(c6n-5c23)[Si]42c3cc(C(C)(C)C)ccc3-c3ccc(C(C)(C)C)cc32)cc1. The molecule has 402 valence electrons. The molecule has 0 saturated heterocycles. The van der Waals surface area contributed by atoms with E-state index < -0.39 is 8.07 Å². The lowest BCUT2D eigenvalue weighted by atomic mass is 9.34. The Bertz CT molecular complexity index is 4490. The zero-order chi connectivity index (χ0) is 56.5. The fourth-order valence-corrected chi connectivity index (χ4v) is 20.8. The Morgan fingerprint density at radius 3 is 1.57 bits per heavy atom. The van der Waals surface area contributed by atoms with Crippen LogP contribution in [0, 0.1) is 0 Å². The molecule has 0 amide bonds. The summed E-state index contributed by atoms with van der Waals surface area (Å²) >= 11 is 0. The van der Waals surface area contributed by atoms with Gasteiger partial charge in [-0.25, -0.2) is 0 Å². The highest BCUT2D eigenvalue weighted by atomic mass is 28.3. The lowest BCUT2D eigenvalue weighted by molar-refractivity contribution is 0.590. The Labute approximate surface area is 481 Å². The predicted octanol–water partition coefficient (Wildman–Crippen LogP) is 15.6. The number of para-hydroxylation sites is 1. The summed E-state index contributed by atoms with van der Waals surface area (Å²) in [5, 5.41) is 11.6. The Balaban J connectivity index is 1.16. The van der Waals surface area contributed by atoms with E-state index in [0.717, 1.165) is 11.4 Å². The van der Waals surface area contributed by atoms with E-state index >= 15 is 0 Å². The summed E-state index contributed by atoms with van der Waals surface area (Å²) < 4.78 is 5.56. The molecule has 9 aromatic carbocycles. The highest BCUT2D eigenvalue weighted by molar-refractivity contribution is 7.24. The summed E-state index contributed by atoms with van der Waals surface area (Å²) in [5.41, 5.74) is 26.8. The first-order valence-corrected chi connectivity index (χ1v) is 32.1. The zero-order valence-corrected chi connectivity index (χ0v) is 51.6. The molecule has 15 rings (SSSR count). The molecule has 0 unspecified atom stereocenters. The third kappa shape index (κ3) is 6.76. The van der Waals surface area contributed by atoms with E-state index in [1.807, 2.05) is 0 Å². The molecule has 11 aromatic rings. The van der Waals surface area contributed by atoms with Crippen LogP contribution in [0.25, 0.3) is 66.1 Å². The lowest BCUT2D eigenvalue weighted by Crippen LogP contribution is -2.77. The van der Waals surface area contributed by atoms with E-state index in [9.17, 15) is 0 Å². The van der Waals surface area contributed by atoms with Gasteiger partial charge in [0, 0.05) is 49.8 Å². The van der Waals surface area contributed by atoms with Gasteiger partial charge in [0.25, 0.3) is 6.71 Å². The summed E-state index contributed by atoms with van der Waals surface area (Å²) in [7, 11) is -3.18. The second-order valence-electron chi connectivity index (χ2n) is 29.4. The molecular formula is C76H76BN3Si. The summed E-state index contributed by atoms with van der Waals surface area (Å²) in [5.74, 6) is 0.803. The van der Waals surface area contributed by atoms with Crippen LogP contribution in [-0.2, 0) is 21.7 Å². The Morgan fingerprint density at radius 1 is 0.420 bits per heavy atom. The van der Waals surface area contributed by atoms with Crippen LogP contribution >= 0.6 is 0 Å². The van der Waals surface area contributed by atoms with Crippen LogP contribution in [0.4, 0.5) is 17.1 Å². The van der Waals surface area contributed by atoms with Gasteiger partial charge in [0.05, 0.1) is 22.2 Å². The molecule has 0 radical (unpaired) electrons. The monoisotopic (exact) mass is 1070 g/mol. The molecule has 0 fully saturated rings. The van der Waals surface area contributed by atoms with E-state index in [-0.39, 0.29) is 28.4 Å². The molecule has 4 aliphatic rings. The highest BCUT2D eigenvalue weighted by Crippen LogP contribution is 2.49. The molecule has 0 saturated carbocycles. The number of nitrogens with zero attached hydrogens (tertiary/aromatic N) is 3.